The number of allylic oxidation sites excluding steroid dienone is 4. The van der Waals surface area contributed by atoms with Crippen molar-refractivity contribution in [2.45, 2.75) is 231 Å². The molecule has 0 aliphatic rings. The van der Waals surface area contributed by atoms with Crippen LogP contribution in [0.5, 0.6) is 0 Å². The van der Waals surface area contributed by atoms with Gasteiger partial charge in [-0.15, -0.1) is 0 Å². The molecule has 11 nitrogen and oxygen atoms in total. The summed E-state index contributed by atoms with van der Waals surface area (Å²) in [6.45, 7) is 2.54. The topological polar surface area (TPSA) is 169 Å². The lowest BCUT2D eigenvalue weighted by Gasteiger charge is -2.18. The number of unbranched alkanes of at least 4 members (excludes halogenated alkanes) is 26. The van der Waals surface area contributed by atoms with Crippen LogP contribution in [0.4, 0.5) is 0 Å². The molecule has 0 aliphatic heterocycles. The van der Waals surface area contributed by atoms with Crippen LogP contribution in [-0.4, -0.2) is 64.9 Å². The van der Waals surface area contributed by atoms with E-state index in [-0.39, 0.29) is 12.8 Å². The number of rotatable bonds is 44. The predicted octanol–water partition coefficient (Wildman–Crippen LogP) is 12.2. The lowest BCUT2D eigenvalue weighted by molar-refractivity contribution is -0.147. The summed E-state index contributed by atoms with van der Waals surface area (Å²) in [5, 5.41) is 21.8. The third kappa shape index (κ3) is 40.7. The van der Waals surface area contributed by atoms with Gasteiger partial charge in [0.05, 0.1) is 13.2 Å². The first-order valence-corrected chi connectivity index (χ1v) is 24.9. The molecule has 4 N–H and O–H groups in total. The van der Waals surface area contributed by atoms with Crippen molar-refractivity contribution >= 4 is 25.7 Å². The zero-order valence-electron chi connectivity index (χ0n) is 36.9. The van der Waals surface area contributed by atoms with E-state index in [1.165, 1.54) is 109 Å². The number of carbonyl (C=O) groups is 3. The highest BCUT2D eigenvalue weighted by Gasteiger charge is 2.28. The first-order chi connectivity index (χ1) is 28.1. The van der Waals surface area contributed by atoms with E-state index in [1.807, 2.05) is 0 Å². The summed E-state index contributed by atoms with van der Waals surface area (Å²) >= 11 is 0. The zero-order valence-corrected chi connectivity index (χ0v) is 37.8. The average Bonchev–Trinajstić information content (AvgIpc) is 3.20. The minimum absolute atomic E-state index is 0.131. The first kappa shape index (κ1) is 56.0. The van der Waals surface area contributed by atoms with Crippen molar-refractivity contribution < 1.29 is 47.8 Å². The number of carboxylic acids is 1. The number of phosphoric acid groups is 1. The summed E-state index contributed by atoms with van der Waals surface area (Å²) in [5.41, 5.74) is 0. The van der Waals surface area contributed by atoms with Crippen LogP contribution in [0.15, 0.2) is 24.3 Å². The molecule has 1 amide bonds. The lowest BCUT2D eigenvalue weighted by atomic mass is 10.0. The Morgan fingerprint density at radius 3 is 1.47 bits per heavy atom. The van der Waals surface area contributed by atoms with E-state index < -0.39 is 57.6 Å². The van der Waals surface area contributed by atoms with Crippen molar-refractivity contribution in [3.05, 3.63) is 24.3 Å². The highest BCUT2D eigenvalue weighted by molar-refractivity contribution is 7.47. The molecule has 12 heteroatoms. The number of ether oxygens (including phenoxy) is 1. The van der Waals surface area contributed by atoms with Crippen LogP contribution in [0.3, 0.4) is 0 Å². The Labute approximate surface area is 353 Å². The molecule has 0 radical (unpaired) electrons. The second kappa shape index (κ2) is 41.7. The zero-order chi connectivity index (χ0) is 42.8. The molecule has 0 bridgehead atoms. The van der Waals surface area contributed by atoms with Crippen molar-refractivity contribution in [2.24, 2.45) is 0 Å². The molecule has 0 saturated heterocycles. The standard InChI is InChI=1S/C46H86NO10P/c1-3-5-7-9-11-13-15-17-18-19-20-21-22-23-24-26-28-30-32-34-36-38-45(50)55-39-42(48)40-56-58(53,54)57-41-43(46(51)52)47-44(49)37-35-33-31-29-27-25-16-14-12-10-8-6-4-2/h8,10,14,16,42-43,48H,3-7,9,11-13,15,17-41H2,1-2H3,(H,47,49)(H,51,52)(H,53,54)/b10-8-,16-14-. The molecule has 0 spiro atoms. The summed E-state index contributed by atoms with van der Waals surface area (Å²) in [4.78, 5) is 45.9. The molecule has 340 valence electrons. The SMILES string of the molecule is CCC/C=C\C/C=C\CCCCCCCC(=O)NC(COP(=O)(O)OCC(O)COC(=O)CCCCCCCCCCCCCCCCCCCCCCC)C(=O)O. The van der Waals surface area contributed by atoms with E-state index in [0.29, 0.717) is 12.8 Å². The van der Waals surface area contributed by atoms with Gasteiger partial charge < -0.3 is 25.2 Å². The second-order valence-electron chi connectivity index (χ2n) is 15.9. The summed E-state index contributed by atoms with van der Waals surface area (Å²) in [6, 6.07) is -1.55. The number of hydrogen-bond acceptors (Lipinski definition) is 8. The van der Waals surface area contributed by atoms with E-state index >= 15 is 0 Å². The number of carbonyl (C=O) groups excluding carboxylic acids is 2. The molecule has 58 heavy (non-hydrogen) atoms. The predicted molar refractivity (Wildman–Crippen MR) is 236 cm³/mol. The molecule has 0 aliphatic carbocycles. The first-order valence-electron chi connectivity index (χ1n) is 23.4. The van der Waals surface area contributed by atoms with Gasteiger partial charge in [-0.1, -0.05) is 192 Å². The van der Waals surface area contributed by atoms with Crippen LogP contribution in [0.1, 0.15) is 219 Å². The largest absolute Gasteiger partial charge is 0.480 e. The van der Waals surface area contributed by atoms with E-state index in [4.69, 9.17) is 13.8 Å². The molecule has 0 heterocycles. The van der Waals surface area contributed by atoms with Crippen LogP contribution in [-0.2, 0) is 32.7 Å². The fraction of sp³-hybridized carbons (Fsp3) is 0.848. The van der Waals surface area contributed by atoms with Gasteiger partial charge in [0.2, 0.25) is 5.91 Å². The minimum Gasteiger partial charge on any atom is -0.480 e. The van der Waals surface area contributed by atoms with Gasteiger partial charge in [-0.3, -0.25) is 18.6 Å². The minimum atomic E-state index is -4.76. The van der Waals surface area contributed by atoms with Crippen molar-refractivity contribution in [1.29, 1.82) is 0 Å². The highest BCUT2D eigenvalue weighted by Crippen LogP contribution is 2.43. The molecule has 0 saturated carbocycles. The van der Waals surface area contributed by atoms with Crippen LogP contribution >= 0.6 is 7.82 Å². The van der Waals surface area contributed by atoms with Crippen LogP contribution < -0.4 is 5.32 Å². The van der Waals surface area contributed by atoms with E-state index in [1.54, 1.807) is 0 Å². The van der Waals surface area contributed by atoms with Crippen molar-refractivity contribution in [3.8, 4) is 0 Å². The Bertz CT molecular complexity index is 1080. The highest BCUT2D eigenvalue weighted by atomic mass is 31.2. The van der Waals surface area contributed by atoms with E-state index in [2.05, 4.69) is 43.5 Å². The van der Waals surface area contributed by atoms with Crippen LogP contribution in [0, 0.1) is 0 Å². The van der Waals surface area contributed by atoms with Gasteiger partial charge in [-0.05, 0) is 38.5 Å². The lowest BCUT2D eigenvalue weighted by Crippen LogP contribution is -2.43. The summed E-state index contributed by atoms with van der Waals surface area (Å²) in [7, 11) is -4.76. The quantitative estimate of drug-likeness (QED) is 0.0200. The van der Waals surface area contributed by atoms with Crippen molar-refractivity contribution in [3.63, 3.8) is 0 Å². The Hall–Kier alpha value is -2.04. The molecule has 0 fully saturated rings. The van der Waals surface area contributed by atoms with Crippen molar-refractivity contribution in [1.82, 2.24) is 5.32 Å². The van der Waals surface area contributed by atoms with Crippen molar-refractivity contribution in [2.75, 3.05) is 19.8 Å². The summed E-state index contributed by atoms with van der Waals surface area (Å²) < 4.78 is 26.9. The number of aliphatic carboxylic acids is 1. The maximum Gasteiger partial charge on any atom is 0.472 e. The van der Waals surface area contributed by atoms with Gasteiger partial charge in [0.15, 0.2) is 6.04 Å². The number of aliphatic hydroxyl groups excluding tert-OH is 1. The monoisotopic (exact) mass is 844 g/mol. The van der Waals surface area contributed by atoms with Gasteiger partial charge in [0.1, 0.15) is 12.7 Å². The number of phosphoric ester groups is 1. The third-order valence-corrected chi connectivity index (χ3v) is 11.2. The van der Waals surface area contributed by atoms with Gasteiger partial charge in [0, 0.05) is 12.8 Å². The van der Waals surface area contributed by atoms with Gasteiger partial charge in [0.25, 0.3) is 0 Å². The maximum absolute atomic E-state index is 12.3. The Morgan fingerprint density at radius 2 is 0.983 bits per heavy atom. The molecule has 0 aromatic carbocycles. The Kier molecular flexibility index (Phi) is 40.2. The summed E-state index contributed by atoms with van der Waals surface area (Å²) in [6.07, 6.45) is 43.5. The van der Waals surface area contributed by atoms with E-state index in [0.717, 1.165) is 70.6 Å². The molecule has 3 atom stereocenters. The number of amides is 1. The molecular formula is C46H86NO10P. The fourth-order valence-electron chi connectivity index (χ4n) is 6.59. The number of hydrogen-bond donors (Lipinski definition) is 4. The number of nitrogens with one attached hydrogen (secondary N) is 1. The molecular weight excluding hydrogens is 757 g/mol. The maximum atomic E-state index is 12.3. The second-order valence-corrected chi connectivity index (χ2v) is 17.4. The van der Waals surface area contributed by atoms with Crippen LogP contribution in [0.2, 0.25) is 0 Å². The Morgan fingerprint density at radius 1 is 0.552 bits per heavy atom. The van der Waals surface area contributed by atoms with Gasteiger partial charge in [-0.25, -0.2) is 9.36 Å². The average molecular weight is 844 g/mol. The third-order valence-electron chi connectivity index (χ3n) is 10.2. The number of esters is 1. The smallest absolute Gasteiger partial charge is 0.472 e. The van der Waals surface area contributed by atoms with Crippen LogP contribution in [0.25, 0.3) is 0 Å². The summed E-state index contributed by atoms with van der Waals surface area (Å²) in [5.74, 6) is -2.38. The van der Waals surface area contributed by atoms with Gasteiger partial charge in [-0.2, -0.15) is 0 Å². The van der Waals surface area contributed by atoms with Gasteiger partial charge >= 0.3 is 19.8 Å². The molecule has 3 unspecified atom stereocenters. The molecule has 0 rings (SSSR count). The molecule has 0 aromatic rings. The fourth-order valence-corrected chi connectivity index (χ4v) is 7.36. The molecule has 0 aromatic heterocycles. The number of aliphatic hydroxyl groups is 1. The normalized spacial score (nSPS) is 13.9. The van der Waals surface area contributed by atoms with E-state index in [9.17, 15) is 34.1 Å². The Balaban J connectivity index is 3.81. The number of carboxylic acid groups (broad SMARTS) is 1.